The molecule has 1 aliphatic heterocycles. The maximum Gasteiger partial charge on any atom is 0.279 e. The van der Waals surface area contributed by atoms with E-state index in [1.807, 2.05) is 0 Å². The van der Waals surface area contributed by atoms with Gasteiger partial charge in [0.25, 0.3) is 10.2 Å². The Labute approximate surface area is 79.7 Å². The predicted octanol–water partition coefficient (Wildman–Crippen LogP) is -0.864. The average Bonchev–Trinajstić information content (AvgIpc) is 2.56. The molecule has 13 heavy (non-hydrogen) atoms. The summed E-state index contributed by atoms with van der Waals surface area (Å²) >= 11 is 0. The minimum atomic E-state index is -3.19. The highest BCUT2D eigenvalue weighted by Gasteiger charge is 2.23. The summed E-state index contributed by atoms with van der Waals surface area (Å²) in [6.07, 6.45) is 1.96. The Morgan fingerprint density at radius 2 is 1.85 bits per heavy atom. The fourth-order valence-electron chi connectivity index (χ4n) is 1.32. The van der Waals surface area contributed by atoms with Crippen molar-refractivity contribution in [2.24, 2.45) is 0 Å². The van der Waals surface area contributed by atoms with E-state index in [1.165, 1.54) is 4.31 Å². The van der Waals surface area contributed by atoms with Crippen LogP contribution in [-0.2, 0) is 10.2 Å². The van der Waals surface area contributed by atoms with Gasteiger partial charge in [-0.2, -0.15) is 12.7 Å². The highest BCUT2D eigenvalue weighted by molar-refractivity contribution is 7.87. The van der Waals surface area contributed by atoms with E-state index in [1.54, 1.807) is 7.05 Å². The summed E-state index contributed by atoms with van der Waals surface area (Å²) in [5, 5.41) is 2.89. The molecule has 0 spiro atoms. The Balaban J connectivity index is 2.36. The number of hydrogen-bond donors (Lipinski definition) is 2. The molecule has 1 saturated heterocycles. The molecule has 6 heteroatoms. The molecular formula is C7H17N3O2S. The van der Waals surface area contributed by atoms with Gasteiger partial charge in [0.05, 0.1) is 0 Å². The van der Waals surface area contributed by atoms with Gasteiger partial charge >= 0.3 is 0 Å². The van der Waals surface area contributed by atoms with Crippen LogP contribution < -0.4 is 10.0 Å². The number of likely N-dealkylation sites (N-methyl/N-ethyl adjacent to an activating group) is 1. The molecule has 0 amide bonds. The zero-order valence-corrected chi connectivity index (χ0v) is 8.73. The van der Waals surface area contributed by atoms with Gasteiger partial charge in [0.2, 0.25) is 0 Å². The number of nitrogens with zero attached hydrogens (tertiary/aromatic N) is 1. The van der Waals surface area contributed by atoms with E-state index < -0.39 is 10.2 Å². The Morgan fingerprint density at radius 3 is 2.38 bits per heavy atom. The van der Waals surface area contributed by atoms with Gasteiger partial charge in [0.1, 0.15) is 0 Å². The molecule has 5 nitrogen and oxygen atoms in total. The van der Waals surface area contributed by atoms with E-state index in [0.717, 1.165) is 12.8 Å². The second kappa shape index (κ2) is 4.90. The normalized spacial score (nSPS) is 19.5. The first-order valence-corrected chi connectivity index (χ1v) is 6.00. The third-order valence-corrected chi connectivity index (χ3v) is 3.68. The van der Waals surface area contributed by atoms with E-state index >= 15 is 0 Å². The van der Waals surface area contributed by atoms with Crippen molar-refractivity contribution in [3.63, 3.8) is 0 Å². The van der Waals surface area contributed by atoms with Crippen LogP contribution in [0.15, 0.2) is 0 Å². The molecule has 1 fully saturated rings. The summed E-state index contributed by atoms with van der Waals surface area (Å²) in [6, 6.07) is 0. The van der Waals surface area contributed by atoms with Crippen LogP contribution in [0.4, 0.5) is 0 Å². The lowest BCUT2D eigenvalue weighted by molar-refractivity contribution is 0.464. The summed E-state index contributed by atoms with van der Waals surface area (Å²) in [4.78, 5) is 0. The van der Waals surface area contributed by atoms with E-state index in [-0.39, 0.29) is 0 Å². The van der Waals surface area contributed by atoms with Crippen molar-refractivity contribution in [1.82, 2.24) is 14.3 Å². The summed E-state index contributed by atoms with van der Waals surface area (Å²) < 4.78 is 27.0. The maximum absolute atomic E-state index is 11.5. The molecule has 1 rings (SSSR count). The van der Waals surface area contributed by atoms with Gasteiger partial charge in [0.15, 0.2) is 0 Å². The molecule has 0 bridgehead atoms. The number of rotatable bonds is 5. The molecule has 1 heterocycles. The first kappa shape index (κ1) is 10.9. The van der Waals surface area contributed by atoms with Gasteiger partial charge < -0.3 is 5.32 Å². The van der Waals surface area contributed by atoms with Crippen molar-refractivity contribution in [3.8, 4) is 0 Å². The smallest absolute Gasteiger partial charge is 0.279 e. The fourth-order valence-corrected chi connectivity index (χ4v) is 2.61. The van der Waals surface area contributed by atoms with E-state index in [2.05, 4.69) is 10.0 Å². The first-order valence-electron chi connectivity index (χ1n) is 4.56. The summed E-state index contributed by atoms with van der Waals surface area (Å²) in [5.41, 5.74) is 0. The Bertz CT molecular complexity index is 234. The lowest BCUT2D eigenvalue weighted by Gasteiger charge is -2.15. The molecule has 0 atom stereocenters. The summed E-state index contributed by atoms with van der Waals surface area (Å²) in [7, 11) is -1.39. The monoisotopic (exact) mass is 207 g/mol. The SMILES string of the molecule is CNCCNS(=O)(=O)N1CCCC1. The minimum absolute atomic E-state index is 0.454. The maximum atomic E-state index is 11.5. The third-order valence-electron chi connectivity index (χ3n) is 2.06. The van der Waals surface area contributed by atoms with Gasteiger partial charge in [-0.3, -0.25) is 0 Å². The van der Waals surface area contributed by atoms with Crippen molar-refractivity contribution in [1.29, 1.82) is 0 Å². The molecule has 0 aliphatic carbocycles. The molecule has 0 aromatic heterocycles. The van der Waals surface area contributed by atoms with Gasteiger partial charge in [-0.25, -0.2) is 4.72 Å². The van der Waals surface area contributed by atoms with Gasteiger partial charge in [0, 0.05) is 26.2 Å². The second-order valence-electron chi connectivity index (χ2n) is 3.11. The van der Waals surface area contributed by atoms with Gasteiger partial charge in [-0.05, 0) is 19.9 Å². The third kappa shape index (κ3) is 3.22. The van der Waals surface area contributed by atoms with Crippen LogP contribution in [0.5, 0.6) is 0 Å². The summed E-state index contributed by atoms with van der Waals surface area (Å²) in [6.45, 7) is 2.44. The highest BCUT2D eigenvalue weighted by Crippen LogP contribution is 2.10. The van der Waals surface area contributed by atoms with Crippen LogP contribution in [0.2, 0.25) is 0 Å². The second-order valence-corrected chi connectivity index (χ2v) is 4.86. The van der Waals surface area contributed by atoms with E-state index in [9.17, 15) is 8.42 Å². The largest absolute Gasteiger partial charge is 0.318 e. The molecular weight excluding hydrogens is 190 g/mol. The zero-order chi connectivity index (χ0) is 9.73. The van der Waals surface area contributed by atoms with Crippen molar-refractivity contribution in [3.05, 3.63) is 0 Å². The van der Waals surface area contributed by atoms with Crippen molar-refractivity contribution in [2.75, 3.05) is 33.2 Å². The average molecular weight is 207 g/mol. The van der Waals surface area contributed by atoms with Crippen LogP contribution in [0.25, 0.3) is 0 Å². The molecule has 0 unspecified atom stereocenters. The van der Waals surface area contributed by atoms with Crippen molar-refractivity contribution < 1.29 is 8.42 Å². The molecule has 0 saturated carbocycles. The molecule has 2 N–H and O–H groups in total. The van der Waals surface area contributed by atoms with Crippen LogP contribution in [-0.4, -0.2) is 45.9 Å². The number of hydrogen-bond acceptors (Lipinski definition) is 3. The molecule has 0 aromatic carbocycles. The number of nitrogens with one attached hydrogen (secondary N) is 2. The van der Waals surface area contributed by atoms with E-state index in [4.69, 9.17) is 0 Å². The fraction of sp³-hybridized carbons (Fsp3) is 1.00. The van der Waals surface area contributed by atoms with Crippen molar-refractivity contribution in [2.45, 2.75) is 12.8 Å². The summed E-state index contributed by atoms with van der Waals surface area (Å²) in [5.74, 6) is 0. The molecule has 1 aliphatic rings. The lowest BCUT2D eigenvalue weighted by atomic mass is 10.4. The van der Waals surface area contributed by atoms with Gasteiger partial charge in [-0.1, -0.05) is 0 Å². The molecule has 78 valence electrons. The van der Waals surface area contributed by atoms with Crippen LogP contribution >= 0.6 is 0 Å². The van der Waals surface area contributed by atoms with E-state index in [0.29, 0.717) is 26.2 Å². The standard InChI is InChI=1S/C7H17N3O2S/c1-8-4-5-9-13(11,12)10-6-2-3-7-10/h8-9H,2-7H2,1H3. The Hall–Kier alpha value is -0.170. The first-order chi connectivity index (χ1) is 6.17. The zero-order valence-electron chi connectivity index (χ0n) is 7.91. The lowest BCUT2D eigenvalue weighted by Crippen LogP contribution is -2.41. The van der Waals surface area contributed by atoms with Crippen molar-refractivity contribution >= 4 is 10.2 Å². The topological polar surface area (TPSA) is 61.4 Å². The Kier molecular flexibility index (Phi) is 4.11. The van der Waals surface area contributed by atoms with Crippen LogP contribution in [0.1, 0.15) is 12.8 Å². The quantitative estimate of drug-likeness (QED) is 0.576. The van der Waals surface area contributed by atoms with Crippen LogP contribution in [0, 0.1) is 0 Å². The molecule has 0 aromatic rings. The van der Waals surface area contributed by atoms with Gasteiger partial charge in [-0.15, -0.1) is 0 Å². The van der Waals surface area contributed by atoms with Crippen LogP contribution in [0.3, 0.4) is 0 Å². The Morgan fingerprint density at radius 1 is 1.23 bits per heavy atom. The highest BCUT2D eigenvalue weighted by atomic mass is 32.2. The minimum Gasteiger partial charge on any atom is -0.318 e. The predicted molar refractivity (Wildman–Crippen MR) is 51.7 cm³/mol. The molecule has 0 radical (unpaired) electrons.